The maximum absolute atomic E-state index is 10.9. The van der Waals surface area contributed by atoms with Crippen molar-refractivity contribution in [2.75, 3.05) is 6.54 Å². The summed E-state index contributed by atoms with van der Waals surface area (Å²) in [6, 6.07) is 0.220. The van der Waals surface area contributed by atoms with Gasteiger partial charge in [0, 0.05) is 19.0 Å². The lowest BCUT2D eigenvalue weighted by Crippen LogP contribution is -2.40. The molecule has 0 saturated carbocycles. The normalized spacial score (nSPS) is 15.6. The highest BCUT2D eigenvalue weighted by Crippen LogP contribution is 2.08. The third kappa shape index (κ3) is 7.79. The van der Waals surface area contributed by atoms with Crippen LogP contribution in [0, 0.1) is 0 Å². The first kappa shape index (κ1) is 15.5. The number of rotatable bonds is 8. The highest BCUT2D eigenvalue weighted by atomic mass is 28.4. The Morgan fingerprint density at radius 2 is 2.06 bits per heavy atom. The van der Waals surface area contributed by atoms with E-state index in [-0.39, 0.29) is 17.9 Å². The maximum atomic E-state index is 10.9. The van der Waals surface area contributed by atoms with Gasteiger partial charge in [-0.2, -0.15) is 0 Å². The molecular weight excluding hydrogens is 218 g/mol. The van der Waals surface area contributed by atoms with E-state index in [9.17, 15) is 4.79 Å². The van der Waals surface area contributed by atoms with E-state index < -0.39 is 8.32 Å². The summed E-state index contributed by atoms with van der Waals surface area (Å²) >= 11 is 0. The van der Waals surface area contributed by atoms with Crippen LogP contribution in [-0.2, 0) is 9.22 Å². The van der Waals surface area contributed by atoms with Crippen molar-refractivity contribution in [3.63, 3.8) is 0 Å². The van der Waals surface area contributed by atoms with Crippen LogP contribution in [0.3, 0.4) is 0 Å². The molecule has 0 heterocycles. The van der Waals surface area contributed by atoms with E-state index in [1.807, 2.05) is 19.5 Å². The Labute approximate surface area is 100 Å². The molecule has 0 rings (SSSR count). The van der Waals surface area contributed by atoms with Gasteiger partial charge in [-0.05, 0) is 33.9 Å². The summed E-state index contributed by atoms with van der Waals surface area (Å²) < 4.78 is 5.92. The van der Waals surface area contributed by atoms with Crippen LogP contribution in [0.2, 0.25) is 13.1 Å². The summed E-state index contributed by atoms with van der Waals surface area (Å²) in [6.07, 6.45) is 0.740. The molecule has 0 aromatic carbocycles. The van der Waals surface area contributed by atoms with Crippen molar-refractivity contribution in [1.82, 2.24) is 5.32 Å². The fraction of sp³-hybridized carbons (Fsp3) is 0.750. The molecule has 2 unspecified atom stereocenters. The molecule has 0 aromatic rings. The smallest absolute Gasteiger partial charge is 0.210 e. The van der Waals surface area contributed by atoms with Crippen molar-refractivity contribution < 1.29 is 9.22 Å². The highest BCUT2D eigenvalue weighted by molar-refractivity contribution is 6.76. The van der Waals surface area contributed by atoms with Crippen LogP contribution in [0.4, 0.5) is 0 Å². The summed E-state index contributed by atoms with van der Waals surface area (Å²) in [5, 5.41) is 3.30. The Kier molecular flexibility index (Phi) is 6.79. The number of carbonyl (C=O) groups is 1. The largest absolute Gasteiger partial charge is 0.410 e. The van der Waals surface area contributed by atoms with Gasteiger partial charge in [0.15, 0.2) is 0 Å². The van der Waals surface area contributed by atoms with E-state index in [0.717, 1.165) is 6.54 Å². The van der Waals surface area contributed by atoms with Crippen molar-refractivity contribution in [1.29, 1.82) is 0 Å². The standard InChI is InChI=1S/C12H25NO2Si/c1-7-16(5,6)15-12(4)9-13-10(2)8-11(3)14/h7,10,12-13H,1,8-9H2,2-6H3. The monoisotopic (exact) mass is 243 g/mol. The molecule has 3 nitrogen and oxygen atoms in total. The highest BCUT2D eigenvalue weighted by Gasteiger charge is 2.20. The van der Waals surface area contributed by atoms with Crippen LogP contribution < -0.4 is 5.32 Å². The number of nitrogens with one attached hydrogen (secondary N) is 1. The Hall–Kier alpha value is -0.453. The van der Waals surface area contributed by atoms with Crippen LogP contribution in [0.1, 0.15) is 27.2 Å². The Balaban J connectivity index is 3.85. The lowest BCUT2D eigenvalue weighted by atomic mass is 10.2. The molecule has 0 aliphatic rings. The topological polar surface area (TPSA) is 38.3 Å². The summed E-state index contributed by atoms with van der Waals surface area (Å²) in [5.41, 5.74) is 1.93. The predicted molar refractivity (Wildman–Crippen MR) is 71.0 cm³/mol. The van der Waals surface area contributed by atoms with Crippen molar-refractivity contribution in [3.05, 3.63) is 12.3 Å². The first-order valence-electron chi connectivity index (χ1n) is 5.81. The molecule has 0 spiro atoms. The quantitative estimate of drug-likeness (QED) is 0.665. The lowest BCUT2D eigenvalue weighted by molar-refractivity contribution is -0.117. The molecule has 0 bridgehead atoms. The van der Waals surface area contributed by atoms with Gasteiger partial charge in [0.25, 0.3) is 0 Å². The average Bonchev–Trinajstić information content (AvgIpc) is 2.13. The molecule has 0 aromatic heterocycles. The van der Waals surface area contributed by atoms with E-state index in [1.54, 1.807) is 6.92 Å². The molecule has 0 aliphatic heterocycles. The van der Waals surface area contributed by atoms with Gasteiger partial charge in [0.2, 0.25) is 8.32 Å². The van der Waals surface area contributed by atoms with Crippen LogP contribution in [0.5, 0.6) is 0 Å². The maximum Gasteiger partial charge on any atom is 0.210 e. The lowest BCUT2D eigenvalue weighted by Gasteiger charge is -2.25. The number of hydrogen-bond acceptors (Lipinski definition) is 3. The van der Waals surface area contributed by atoms with Gasteiger partial charge in [-0.15, -0.1) is 6.58 Å². The van der Waals surface area contributed by atoms with Gasteiger partial charge < -0.3 is 9.74 Å². The van der Waals surface area contributed by atoms with E-state index in [0.29, 0.717) is 6.42 Å². The number of carbonyl (C=O) groups excluding carboxylic acids is 1. The van der Waals surface area contributed by atoms with Crippen molar-refractivity contribution in [2.24, 2.45) is 0 Å². The number of ketones is 1. The SMILES string of the molecule is C=C[Si](C)(C)OC(C)CNC(C)CC(C)=O. The van der Waals surface area contributed by atoms with Gasteiger partial charge in [0.1, 0.15) is 5.78 Å². The van der Waals surface area contributed by atoms with E-state index in [1.165, 1.54) is 0 Å². The van der Waals surface area contributed by atoms with Crippen molar-refractivity contribution >= 4 is 14.1 Å². The molecule has 1 N–H and O–H groups in total. The predicted octanol–water partition coefficient (Wildman–Crippen LogP) is 2.28. The summed E-state index contributed by atoms with van der Waals surface area (Å²) in [5.74, 6) is 0.217. The number of hydrogen-bond donors (Lipinski definition) is 1. The third-order valence-corrected chi connectivity index (χ3v) is 4.34. The Morgan fingerprint density at radius 1 is 1.50 bits per heavy atom. The number of Topliss-reactive ketones (excluding diaryl/α,β-unsaturated/α-hetero) is 1. The average molecular weight is 243 g/mol. The van der Waals surface area contributed by atoms with Crippen molar-refractivity contribution in [3.8, 4) is 0 Å². The summed E-state index contributed by atoms with van der Waals surface area (Å²) in [7, 11) is -1.69. The van der Waals surface area contributed by atoms with Gasteiger partial charge in [-0.25, -0.2) is 0 Å². The zero-order valence-corrected chi connectivity index (χ0v) is 12.2. The fourth-order valence-corrected chi connectivity index (χ4v) is 2.70. The Bertz CT molecular complexity index is 241. The first-order chi connectivity index (χ1) is 7.26. The second kappa shape index (κ2) is 6.99. The second-order valence-corrected chi connectivity index (χ2v) is 8.80. The van der Waals surface area contributed by atoms with E-state index in [4.69, 9.17) is 4.43 Å². The Morgan fingerprint density at radius 3 is 2.50 bits per heavy atom. The van der Waals surface area contributed by atoms with E-state index in [2.05, 4.69) is 25.0 Å². The van der Waals surface area contributed by atoms with Crippen LogP contribution >= 0.6 is 0 Å². The molecule has 0 saturated heterocycles. The molecular formula is C12H25NO2Si. The van der Waals surface area contributed by atoms with Gasteiger partial charge >= 0.3 is 0 Å². The zero-order chi connectivity index (χ0) is 12.8. The zero-order valence-electron chi connectivity index (χ0n) is 11.2. The molecule has 0 aliphatic carbocycles. The van der Waals surface area contributed by atoms with Gasteiger partial charge in [-0.3, -0.25) is 4.79 Å². The molecule has 0 amide bonds. The molecule has 94 valence electrons. The third-order valence-electron chi connectivity index (χ3n) is 2.34. The van der Waals surface area contributed by atoms with Gasteiger partial charge in [-0.1, -0.05) is 5.70 Å². The minimum Gasteiger partial charge on any atom is -0.410 e. The first-order valence-corrected chi connectivity index (χ1v) is 8.79. The van der Waals surface area contributed by atoms with Crippen LogP contribution in [0.15, 0.2) is 12.3 Å². The second-order valence-electron chi connectivity index (χ2n) is 4.95. The molecule has 4 heteroatoms. The van der Waals surface area contributed by atoms with Crippen LogP contribution in [0.25, 0.3) is 0 Å². The molecule has 2 atom stereocenters. The molecule has 0 fully saturated rings. The summed E-state index contributed by atoms with van der Waals surface area (Å²) in [4.78, 5) is 10.9. The van der Waals surface area contributed by atoms with E-state index >= 15 is 0 Å². The minimum absolute atomic E-state index is 0.161. The molecule has 16 heavy (non-hydrogen) atoms. The minimum atomic E-state index is -1.69. The van der Waals surface area contributed by atoms with Gasteiger partial charge in [0.05, 0.1) is 6.10 Å². The van der Waals surface area contributed by atoms with Crippen LogP contribution in [-0.4, -0.2) is 32.8 Å². The summed E-state index contributed by atoms with van der Waals surface area (Å²) in [6.45, 7) is 14.5. The fourth-order valence-electron chi connectivity index (χ4n) is 1.48. The molecule has 0 radical (unpaired) electrons. The van der Waals surface area contributed by atoms with Crippen molar-refractivity contribution in [2.45, 2.75) is 52.4 Å².